The Morgan fingerprint density at radius 1 is 1.03 bits per heavy atom. The van der Waals surface area contributed by atoms with Gasteiger partial charge in [0.15, 0.2) is 5.11 Å². The van der Waals surface area contributed by atoms with Crippen LogP contribution in [0.3, 0.4) is 0 Å². The van der Waals surface area contributed by atoms with Gasteiger partial charge >= 0.3 is 0 Å². The number of rotatable bonds is 6. The third-order valence-electron chi connectivity index (χ3n) is 6.82. The molecule has 3 heterocycles. The fraction of sp³-hybridized carbons (Fsp3) is 0.214. The van der Waals surface area contributed by atoms with Gasteiger partial charge in [0, 0.05) is 39.7 Å². The van der Waals surface area contributed by atoms with Gasteiger partial charge in [0.1, 0.15) is 0 Å². The summed E-state index contributed by atoms with van der Waals surface area (Å²) in [6.45, 7) is 6.22. The molecule has 5 rings (SSSR count). The average molecular weight is 566 g/mol. The lowest BCUT2D eigenvalue weighted by molar-refractivity contribution is 0.565. The van der Waals surface area contributed by atoms with Crippen LogP contribution >= 0.6 is 23.8 Å². The number of sulfonamides is 1. The molecule has 196 valence electrons. The van der Waals surface area contributed by atoms with Gasteiger partial charge in [-0.3, -0.25) is 9.71 Å². The summed E-state index contributed by atoms with van der Waals surface area (Å²) in [5.74, 6) is 0. The van der Waals surface area contributed by atoms with Crippen molar-refractivity contribution in [2.75, 3.05) is 15.9 Å². The van der Waals surface area contributed by atoms with E-state index in [-0.39, 0.29) is 12.1 Å². The van der Waals surface area contributed by atoms with Crippen molar-refractivity contribution in [2.45, 2.75) is 32.9 Å². The molecule has 2 N–H and O–H groups in total. The van der Waals surface area contributed by atoms with Crippen molar-refractivity contribution in [1.29, 1.82) is 0 Å². The Morgan fingerprint density at radius 2 is 1.76 bits per heavy atom. The monoisotopic (exact) mass is 565 g/mol. The summed E-state index contributed by atoms with van der Waals surface area (Å²) in [5.41, 5.74) is 7.50. The van der Waals surface area contributed by atoms with Crippen molar-refractivity contribution in [3.05, 3.63) is 106 Å². The second-order valence-electron chi connectivity index (χ2n) is 9.46. The molecule has 38 heavy (non-hydrogen) atoms. The number of aromatic nitrogens is 2. The molecule has 1 aliphatic heterocycles. The van der Waals surface area contributed by atoms with Gasteiger partial charge in [-0.1, -0.05) is 23.7 Å². The minimum Gasteiger partial charge on any atom is -0.351 e. The minimum absolute atomic E-state index is 0.202. The van der Waals surface area contributed by atoms with Crippen molar-refractivity contribution >= 4 is 50.3 Å². The number of benzene rings is 2. The van der Waals surface area contributed by atoms with Gasteiger partial charge in [-0.25, -0.2) is 8.42 Å². The van der Waals surface area contributed by atoms with E-state index < -0.39 is 10.0 Å². The second-order valence-corrected chi connectivity index (χ2v) is 12.0. The van der Waals surface area contributed by atoms with Crippen LogP contribution in [0.25, 0.3) is 5.69 Å². The largest absolute Gasteiger partial charge is 0.351 e. The highest BCUT2D eigenvalue weighted by Gasteiger charge is 2.42. The lowest BCUT2D eigenvalue weighted by Gasteiger charge is -2.28. The van der Waals surface area contributed by atoms with E-state index in [1.54, 1.807) is 18.3 Å². The first-order chi connectivity index (χ1) is 18.0. The normalized spacial score (nSPS) is 17.5. The first kappa shape index (κ1) is 26.2. The van der Waals surface area contributed by atoms with E-state index >= 15 is 0 Å². The summed E-state index contributed by atoms with van der Waals surface area (Å²) < 4.78 is 28.1. The zero-order valence-electron chi connectivity index (χ0n) is 21.4. The fourth-order valence-electron chi connectivity index (χ4n) is 5.15. The van der Waals surface area contributed by atoms with Crippen LogP contribution in [0.2, 0.25) is 5.02 Å². The first-order valence-electron chi connectivity index (χ1n) is 12.1. The van der Waals surface area contributed by atoms with Gasteiger partial charge < -0.3 is 14.8 Å². The van der Waals surface area contributed by atoms with Crippen LogP contribution in [-0.4, -0.2) is 29.3 Å². The number of halogens is 1. The van der Waals surface area contributed by atoms with Crippen LogP contribution in [-0.2, 0) is 10.0 Å². The molecule has 1 fully saturated rings. The number of anilines is 2. The summed E-state index contributed by atoms with van der Waals surface area (Å²) in [4.78, 5) is 6.73. The number of hydrogen-bond acceptors (Lipinski definition) is 4. The molecule has 0 saturated carbocycles. The number of nitrogens with one attached hydrogen (secondary N) is 2. The Labute approximate surface area is 233 Å². The predicted molar refractivity (Wildman–Crippen MR) is 158 cm³/mol. The summed E-state index contributed by atoms with van der Waals surface area (Å²) in [5, 5.41) is 4.78. The Kier molecular flexibility index (Phi) is 6.94. The zero-order valence-corrected chi connectivity index (χ0v) is 23.8. The molecule has 2 atom stereocenters. The lowest BCUT2D eigenvalue weighted by Crippen LogP contribution is -2.29. The maximum atomic E-state index is 11.7. The molecule has 0 radical (unpaired) electrons. The van der Waals surface area contributed by atoms with Gasteiger partial charge in [0.2, 0.25) is 10.0 Å². The van der Waals surface area contributed by atoms with Gasteiger partial charge in [-0.2, -0.15) is 0 Å². The van der Waals surface area contributed by atoms with E-state index in [9.17, 15) is 8.42 Å². The molecular weight excluding hydrogens is 538 g/mol. The number of thiocarbonyl (C=S) groups is 1. The maximum Gasteiger partial charge on any atom is 0.229 e. The highest BCUT2D eigenvalue weighted by Crippen LogP contribution is 2.44. The highest BCUT2D eigenvalue weighted by atomic mass is 35.5. The van der Waals surface area contributed by atoms with Crippen molar-refractivity contribution in [3.8, 4) is 5.69 Å². The van der Waals surface area contributed by atoms with Gasteiger partial charge in [0.25, 0.3) is 0 Å². The number of pyridine rings is 1. The fourth-order valence-corrected chi connectivity index (χ4v) is 6.23. The summed E-state index contributed by atoms with van der Waals surface area (Å²) in [7, 11) is -3.38. The van der Waals surface area contributed by atoms with Crippen LogP contribution < -0.4 is 14.9 Å². The second kappa shape index (κ2) is 10.1. The number of aryl methyl sites for hydroxylation is 1. The molecule has 10 heteroatoms. The van der Waals surface area contributed by atoms with E-state index in [1.807, 2.05) is 49.4 Å². The first-order valence-corrected chi connectivity index (χ1v) is 14.8. The van der Waals surface area contributed by atoms with Crippen molar-refractivity contribution < 1.29 is 8.42 Å². The van der Waals surface area contributed by atoms with Crippen LogP contribution in [0, 0.1) is 20.8 Å². The Hall–Kier alpha value is -3.40. The van der Waals surface area contributed by atoms with E-state index in [0.29, 0.717) is 10.8 Å². The molecule has 0 bridgehead atoms. The molecule has 2 aromatic carbocycles. The lowest BCUT2D eigenvalue weighted by atomic mass is 9.96. The molecule has 7 nitrogen and oxygen atoms in total. The standard InChI is InChI=1S/C28H28ClN5O2S2/c1-17-16-22(19(3)33(17)25-10-7-8-23(29)18(25)2)27-26(24-9-5-6-15-30-24)31-28(37)34(27)21-13-11-20(12-14-21)32-38(4,35)36/h5-16,26-27,32H,1-4H3,(H,31,37)/t26-,27-/m0/s1. The topological polar surface area (TPSA) is 79.3 Å². The predicted octanol–water partition coefficient (Wildman–Crippen LogP) is 6.00. The molecule has 1 aliphatic rings. The van der Waals surface area contributed by atoms with Crippen molar-refractivity contribution in [3.63, 3.8) is 0 Å². The number of nitrogens with zero attached hydrogens (tertiary/aromatic N) is 3. The minimum atomic E-state index is -3.38. The van der Waals surface area contributed by atoms with E-state index in [1.165, 1.54) is 0 Å². The smallest absolute Gasteiger partial charge is 0.229 e. The Morgan fingerprint density at radius 3 is 2.42 bits per heavy atom. The molecule has 1 saturated heterocycles. The van der Waals surface area contributed by atoms with Gasteiger partial charge in [-0.05, 0) is 98.7 Å². The average Bonchev–Trinajstić information content (AvgIpc) is 3.36. The van der Waals surface area contributed by atoms with E-state index in [4.69, 9.17) is 23.8 Å². The molecule has 4 aromatic rings. The number of hydrogen-bond donors (Lipinski definition) is 2. The zero-order chi connectivity index (χ0) is 27.2. The maximum absolute atomic E-state index is 11.7. The molecular formula is C28H28ClN5O2S2. The molecule has 0 amide bonds. The Balaban J connectivity index is 1.65. The summed E-state index contributed by atoms with van der Waals surface area (Å²) in [6, 6.07) is 20.8. The van der Waals surface area contributed by atoms with E-state index in [0.717, 1.165) is 50.9 Å². The van der Waals surface area contributed by atoms with Crippen molar-refractivity contribution in [1.82, 2.24) is 14.9 Å². The van der Waals surface area contributed by atoms with Gasteiger partial charge in [0.05, 0.1) is 24.0 Å². The molecule has 0 spiro atoms. The third kappa shape index (κ3) is 4.89. The molecule has 0 aliphatic carbocycles. The highest BCUT2D eigenvalue weighted by molar-refractivity contribution is 7.92. The van der Waals surface area contributed by atoms with Crippen LogP contribution in [0.5, 0.6) is 0 Å². The molecule has 0 unspecified atom stereocenters. The molecule has 2 aromatic heterocycles. The van der Waals surface area contributed by atoms with Crippen LogP contribution in [0.4, 0.5) is 11.4 Å². The van der Waals surface area contributed by atoms with Crippen molar-refractivity contribution in [2.24, 2.45) is 0 Å². The quantitative estimate of drug-likeness (QED) is 0.279. The van der Waals surface area contributed by atoms with Crippen LogP contribution in [0.15, 0.2) is 72.9 Å². The third-order valence-corrected chi connectivity index (χ3v) is 8.15. The van der Waals surface area contributed by atoms with Crippen LogP contribution in [0.1, 0.15) is 40.3 Å². The Bertz CT molecular complexity index is 1620. The van der Waals surface area contributed by atoms with Gasteiger partial charge in [-0.15, -0.1) is 0 Å². The summed E-state index contributed by atoms with van der Waals surface area (Å²) in [6.07, 6.45) is 2.91. The summed E-state index contributed by atoms with van der Waals surface area (Å²) >= 11 is 12.3. The van der Waals surface area contributed by atoms with E-state index in [2.05, 4.69) is 50.5 Å². The SMILES string of the molecule is Cc1c(Cl)cccc1-n1c(C)cc([C@H]2[C@H](c3ccccn3)NC(=S)N2c2ccc(NS(C)(=O)=O)cc2)c1C.